The fourth-order valence-electron chi connectivity index (χ4n) is 3.41. The standard InChI is InChI=1S/C22H24FN3O4/c1-13-4-5-17(16(23)10-13)26-19-15-11-24-8-7-18(15)29-20(19)21(27)25-9-6-14-12-28-22(2,3)30-14/h4-5,7-8,10-11,14,26H,6,9,12H2,1-3H3,(H,25,27). The Balaban J connectivity index is 1.53. The Morgan fingerprint density at radius 2 is 2.17 bits per heavy atom. The maximum atomic E-state index is 14.4. The Kier molecular flexibility index (Phi) is 5.44. The number of aryl methyl sites for hydroxylation is 1. The number of anilines is 2. The van der Waals surface area contributed by atoms with E-state index in [0.29, 0.717) is 36.2 Å². The van der Waals surface area contributed by atoms with Crippen molar-refractivity contribution in [3.05, 3.63) is 53.8 Å². The van der Waals surface area contributed by atoms with Crippen molar-refractivity contribution < 1.29 is 23.1 Å². The van der Waals surface area contributed by atoms with E-state index in [-0.39, 0.29) is 17.6 Å². The van der Waals surface area contributed by atoms with Gasteiger partial charge in [0, 0.05) is 18.9 Å². The number of rotatable bonds is 6. The van der Waals surface area contributed by atoms with Crippen LogP contribution in [0, 0.1) is 12.7 Å². The Morgan fingerprint density at radius 3 is 2.90 bits per heavy atom. The summed E-state index contributed by atoms with van der Waals surface area (Å²) >= 11 is 0. The smallest absolute Gasteiger partial charge is 0.289 e. The minimum Gasteiger partial charge on any atom is -0.448 e. The van der Waals surface area contributed by atoms with E-state index in [1.54, 1.807) is 30.6 Å². The molecule has 1 atom stereocenters. The van der Waals surface area contributed by atoms with Crippen LogP contribution in [-0.2, 0) is 9.47 Å². The molecule has 0 radical (unpaired) electrons. The van der Waals surface area contributed by atoms with Crippen LogP contribution in [0.4, 0.5) is 15.8 Å². The van der Waals surface area contributed by atoms with Gasteiger partial charge in [-0.3, -0.25) is 9.78 Å². The number of amides is 1. The SMILES string of the molecule is Cc1ccc(Nc2c(C(=O)NCCC3COC(C)(C)O3)oc3ccncc23)c(F)c1. The van der Waals surface area contributed by atoms with Crippen molar-refractivity contribution in [2.24, 2.45) is 0 Å². The number of carbonyl (C=O) groups is 1. The van der Waals surface area contributed by atoms with E-state index in [1.165, 1.54) is 6.07 Å². The van der Waals surface area contributed by atoms with E-state index in [4.69, 9.17) is 13.9 Å². The molecule has 3 aromatic rings. The predicted octanol–water partition coefficient (Wildman–Crippen LogP) is 4.29. The van der Waals surface area contributed by atoms with Gasteiger partial charge in [0.15, 0.2) is 5.79 Å². The van der Waals surface area contributed by atoms with Crippen LogP contribution in [0.1, 0.15) is 36.4 Å². The van der Waals surface area contributed by atoms with Gasteiger partial charge in [-0.1, -0.05) is 6.07 Å². The first-order valence-corrected chi connectivity index (χ1v) is 9.82. The van der Waals surface area contributed by atoms with Gasteiger partial charge in [-0.2, -0.15) is 0 Å². The zero-order chi connectivity index (χ0) is 21.3. The van der Waals surface area contributed by atoms with Gasteiger partial charge in [0.2, 0.25) is 5.76 Å². The maximum Gasteiger partial charge on any atom is 0.289 e. The first-order valence-electron chi connectivity index (χ1n) is 9.82. The fraction of sp³-hybridized carbons (Fsp3) is 0.364. The number of hydrogen-bond donors (Lipinski definition) is 2. The molecule has 158 valence electrons. The molecule has 4 rings (SSSR count). The third-order valence-electron chi connectivity index (χ3n) is 4.90. The first kappa shape index (κ1) is 20.3. The number of furan rings is 1. The second-order valence-corrected chi connectivity index (χ2v) is 7.78. The third-order valence-corrected chi connectivity index (χ3v) is 4.90. The summed E-state index contributed by atoms with van der Waals surface area (Å²) in [6, 6.07) is 6.50. The van der Waals surface area contributed by atoms with Crippen molar-refractivity contribution in [2.75, 3.05) is 18.5 Å². The summed E-state index contributed by atoms with van der Waals surface area (Å²) in [4.78, 5) is 16.9. The van der Waals surface area contributed by atoms with Crippen molar-refractivity contribution in [3.63, 3.8) is 0 Å². The van der Waals surface area contributed by atoms with E-state index < -0.39 is 17.5 Å². The lowest BCUT2D eigenvalue weighted by Gasteiger charge is -2.17. The van der Waals surface area contributed by atoms with Crippen molar-refractivity contribution in [1.29, 1.82) is 0 Å². The molecule has 1 aliphatic rings. The minimum atomic E-state index is -0.602. The van der Waals surface area contributed by atoms with Crippen LogP contribution < -0.4 is 10.6 Å². The normalized spacial score (nSPS) is 17.9. The van der Waals surface area contributed by atoms with Crippen molar-refractivity contribution >= 4 is 28.3 Å². The molecule has 1 aromatic carbocycles. The van der Waals surface area contributed by atoms with Gasteiger partial charge in [0.1, 0.15) is 17.1 Å². The van der Waals surface area contributed by atoms with E-state index >= 15 is 0 Å². The monoisotopic (exact) mass is 413 g/mol. The molecule has 8 heteroatoms. The molecule has 1 saturated heterocycles. The number of nitrogens with zero attached hydrogens (tertiary/aromatic N) is 1. The van der Waals surface area contributed by atoms with Crippen LogP contribution in [0.25, 0.3) is 11.0 Å². The molecule has 0 saturated carbocycles. The second-order valence-electron chi connectivity index (χ2n) is 7.78. The van der Waals surface area contributed by atoms with Crippen molar-refractivity contribution in [1.82, 2.24) is 10.3 Å². The summed E-state index contributed by atoms with van der Waals surface area (Å²) < 4.78 is 31.4. The van der Waals surface area contributed by atoms with Gasteiger partial charge in [-0.05, 0) is 51.0 Å². The molecule has 2 aromatic heterocycles. The van der Waals surface area contributed by atoms with Gasteiger partial charge >= 0.3 is 0 Å². The molecule has 0 spiro atoms. The highest BCUT2D eigenvalue weighted by Crippen LogP contribution is 2.33. The maximum absolute atomic E-state index is 14.4. The molecular formula is C22H24FN3O4. The Hall–Kier alpha value is -2.97. The number of aromatic nitrogens is 1. The molecule has 1 aliphatic heterocycles. The minimum absolute atomic E-state index is 0.0712. The number of ether oxygens (including phenoxy) is 2. The van der Waals surface area contributed by atoms with Gasteiger partial charge in [0.05, 0.1) is 23.8 Å². The van der Waals surface area contributed by atoms with Gasteiger partial charge in [-0.25, -0.2) is 4.39 Å². The van der Waals surface area contributed by atoms with Crippen LogP contribution >= 0.6 is 0 Å². The first-order chi connectivity index (χ1) is 14.3. The fourth-order valence-corrected chi connectivity index (χ4v) is 3.41. The number of halogens is 1. The molecular weight excluding hydrogens is 389 g/mol. The number of benzene rings is 1. The lowest BCUT2D eigenvalue weighted by molar-refractivity contribution is -0.138. The zero-order valence-electron chi connectivity index (χ0n) is 17.1. The molecule has 0 bridgehead atoms. The predicted molar refractivity (Wildman–Crippen MR) is 110 cm³/mol. The average molecular weight is 413 g/mol. The van der Waals surface area contributed by atoms with E-state index in [9.17, 15) is 9.18 Å². The summed E-state index contributed by atoms with van der Waals surface area (Å²) in [6.07, 6.45) is 3.67. The van der Waals surface area contributed by atoms with E-state index in [0.717, 1.165) is 5.56 Å². The highest BCUT2D eigenvalue weighted by Gasteiger charge is 2.32. The van der Waals surface area contributed by atoms with Crippen LogP contribution in [0.5, 0.6) is 0 Å². The van der Waals surface area contributed by atoms with Crippen LogP contribution in [-0.4, -0.2) is 35.9 Å². The molecule has 7 nitrogen and oxygen atoms in total. The number of pyridine rings is 1. The highest BCUT2D eigenvalue weighted by atomic mass is 19.1. The topological polar surface area (TPSA) is 85.6 Å². The van der Waals surface area contributed by atoms with Gasteiger partial charge < -0.3 is 24.5 Å². The van der Waals surface area contributed by atoms with E-state index in [2.05, 4.69) is 15.6 Å². The molecule has 2 N–H and O–H groups in total. The van der Waals surface area contributed by atoms with Gasteiger partial charge in [0.25, 0.3) is 5.91 Å². The Morgan fingerprint density at radius 1 is 1.33 bits per heavy atom. The van der Waals surface area contributed by atoms with Crippen molar-refractivity contribution in [2.45, 2.75) is 39.1 Å². The molecule has 1 fully saturated rings. The molecule has 0 aliphatic carbocycles. The molecule has 3 heterocycles. The van der Waals surface area contributed by atoms with Crippen molar-refractivity contribution in [3.8, 4) is 0 Å². The number of nitrogens with one attached hydrogen (secondary N) is 2. The average Bonchev–Trinajstić information content (AvgIpc) is 3.24. The van der Waals surface area contributed by atoms with Crippen LogP contribution in [0.2, 0.25) is 0 Å². The summed E-state index contributed by atoms with van der Waals surface area (Å²) in [5.74, 6) is -1.35. The largest absolute Gasteiger partial charge is 0.448 e. The second kappa shape index (κ2) is 8.04. The molecule has 30 heavy (non-hydrogen) atoms. The third kappa shape index (κ3) is 4.29. The van der Waals surface area contributed by atoms with E-state index in [1.807, 2.05) is 20.8 Å². The molecule has 1 amide bonds. The summed E-state index contributed by atoms with van der Waals surface area (Å²) in [7, 11) is 0. The highest BCUT2D eigenvalue weighted by molar-refractivity contribution is 6.07. The summed E-state index contributed by atoms with van der Waals surface area (Å²) in [6.45, 7) is 6.39. The van der Waals surface area contributed by atoms with Crippen LogP contribution in [0.15, 0.2) is 41.1 Å². The lowest BCUT2D eigenvalue weighted by atomic mass is 10.2. The number of carbonyl (C=O) groups excluding carboxylic acids is 1. The lowest BCUT2D eigenvalue weighted by Crippen LogP contribution is -2.29. The summed E-state index contributed by atoms with van der Waals surface area (Å²) in [5.41, 5.74) is 1.91. The Bertz CT molecular complexity index is 1080. The number of hydrogen-bond acceptors (Lipinski definition) is 6. The quantitative estimate of drug-likeness (QED) is 0.627. The van der Waals surface area contributed by atoms with Crippen LogP contribution in [0.3, 0.4) is 0 Å². The molecule has 1 unspecified atom stereocenters. The Labute approximate surface area is 173 Å². The van der Waals surface area contributed by atoms with Gasteiger partial charge in [-0.15, -0.1) is 0 Å². The number of fused-ring (bicyclic) bond motifs is 1. The summed E-state index contributed by atoms with van der Waals surface area (Å²) in [5, 5.41) is 6.44. The zero-order valence-corrected chi connectivity index (χ0v) is 17.1.